The van der Waals surface area contributed by atoms with E-state index >= 15 is 0 Å². The number of nitrogens with one attached hydrogen (secondary N) is 2. The fraction of sp³-hybridized carbons (Fsp3) is 0.130. The normalized spacial score (nSPS) is 13.2. The van der Waals surface area contributed by atoms with Gasteiger partial charge in [0.1, 0.15) is 17.1 Å². The van der Waals surface area contributed by atoms with Gasteiger partial charge in [0.15, 0.2) is 5.69 Å². The Balaban J connectivity index is 1.88. The maximum Gasteiger partial charge on any atom is 0.164 e. The number of fused-ring (bicyclic) bond motifs is 1. The molecule has 2 atom stereocenters. The van der Waals surface area contributed by atoms with Crippen LogP contribution in [0.4, 0.5) is 11.5 Å². The number of pyridine rings is 2. The third kappa shape index (κ3) is 3.95. The van der Waals surface area contributed by atoms with Gasteiger partial charge in [-0.15, -0.1) is 0 Å². The molecule has 152 valence electrons. The van der Waals surface area contributed by atoms with Gasteiger partial charge in [-0.1, -0.05) is 30.3 Å². The van der Waals surface area contributed by atoms with Crippen LogP contribution in [0, 0.1) is 19.1 Å². The molecule has 0 bridgehead atoms. The van der Waals surface area contributed by atoms with Crippen molar-refractivity contribution in [3.63, 3.8) is 0 Å². The molecule has 2 unspecified atom stereocenters. The fourth-order valence-electron chi connectivity index (χ4n) is 3.47. The summed E-state index contributed by atoms with van der Waals surface area (Å²) in [6, 6.07) is 17.5. The average Bonchev–Trinajstić information content (AvgIpc) is 2.73. The standard InChI is InChI=1S/C23H22N4O3/c1-14-10-11-24-20(12-14)26-21(17-4-3-5-18(13-17)27(29)30)19-9-8-16-7-6-15(2)25-22(16)23(19)28/h3-13,21,27-29H,1-2H3,(H,24,26). The molecule has 0 aliphatic heterocycles. The molecule has 4 aromatic rings. The monoisotopic (exact) mass is 402 g/mol. The van der Waals surface area contributed by atoms with Crippen molar-refractivity contribution >= 4 is 22.4 Å². The lowest BCUT2D eigenvalue weighted by molar-refractivity contribution is -0.991. The summed E-state index contributed by atoms with van der Waals surface area (Å²) in [5.74, 6) is 0.680. The van der Waals surface area contributed by atoms with Crippen LogP contribution in [0.3, 0.4) is 0 Å². The Kier molecular flexibility index (Phi) is 5.33. The Morgan fingerprint density at radius 3 is 2.60 bits per heavy atom. The maximum absolute atomic E-state index is 11.5. The van der Waals surface area contributed by atoms with Crippen molar-refractivity contribution in [2.75, 3.05) is 5.32 Å². The Morgan fingerprint density at radius 1 is 1.03 bits per heavy atom. The Bertz CT molecular complexity index is 1210. The van der Waals surface area contributed by atoms with E-state index in [2.05, 4.69) is 15.3 Å². The summed E-state index contributed by atoms with van der Waals surface area (Å²) in [4.78, 5) is 8.86. The van der Waals surface area contributed by atoms with Crippen LogP contribution in [0.15, 0.2) is 66.9 Å². The van der Waals surface area contributed by atoms with Crippen LogP contribution in [0.25, 0.3) is 10.9 Å². The number of nitrogens with zero attached hydrogens (tertiary/aromatic N) is 2. The summed E-state index contributed by atoms with van der Waals surface area (Å²) in [6.07, 6.45) is 1.70. The van der Waals surface area contributed by atoms with E-state index in [4.69, 9.17) is 0 Å². The third-order valence-corrected chi connectivity index (χ3v) is 4.99. The minimum Gasteiger partial charge on any atom is -0.595 e. The number of hydrogen-bond donors (Lipinski definition) is 4. The van der Waals surface area contributed by atoms with E-state index in [0.717, 1.165) is 16.6 Å². The van der Waals surface area contributed by atoms with Crippen LogP contribution in [0.2, 0.25) is 0 Å². The van der Waals surface area contributed by atoms with Gasteiger partial charge in [-0.05, 0) is 43.2 Å². The predicted molar refractivity (Wildman–Crippen MR) is 115 cm³/mol. The number of aromatic nitrogens is 2. The van der Waals surface area contributed by atoms with Crippen LogP contribution in [0.5, 0.6) is 5.75 Å². The smallest absolute Gasteiger partial charge is 0.164 e. The minimum atomic E-state index is -1.01. The SMILES string of the molecule is Cc1ccnc(NC(c2cccc([NH+]([O-])O)c2)c2ccc3ccc(C)nc3c2O)c1. The molecule has 0 fully saturated rings. The van der Waals surface area contributed by atoms with Gasteiger partial charge in [0.2, 0.25) is 0 Å². The highest BCUT2D eigenvalue weighted by Crippen LogP contribution is 2.36. The fourth-order valence-corrected chi connectivity index (χ4v) is 3.47. The van der Waals surface area contributed by atoms with Gasteiger partial charge in [0.25, 0.3) is 0 Å². The lowest BCUT2D eigenvalue weighted by atomic mass is 9.95. The van der Waals surface area contributed by atoms with E-state index in [-0.39, 0.29) is 11.4 Å². The van der Waals surface area contributed by atoms with Crippen molar-refractivity contribution in [3.05, 3.63) is 94.5 Å². The Labute approximate surface area is 173 Å². The second-order valence-electron chi connectivity index (χ2n) is 7.25. The van der Waals surface area contributed by atoms with Crippen LogP contribution < -0.4 is 10.5 Å². The molecule has 0 aliphatic rings. The Morgan fingerprint density at radius 2 is 1.83 bits per heavy atom. The van der Waals surface area contributed by atoms with E-state index in [9.17, 15) is 15.5 Å². The first kappa shape index (κ1) is 19.8. The van der Waals surface area contributed by atoms with Crippen molar-refractivity contribution in [2.45, 2.75) is 19.9 Å². The first-order chi connectivity index (χ1) is 14.4. The van der Waals surface area contributed by atoms with Gasteiger partial charge in [0.05, 0.1) is 6.04 Å². The largest absolute Gasteiger partial charge is 0.595 e. The topological polar surface area (TPSA) is 106 Å². The van der Waals surface area contributed by atoms with Gasteiger partial charge in [-0.2, -0.15) is 5.23 Å². The highest BCUT2D eigenvalue weighted by atomic mass is 16.8. The summed E-state index contributed by atoms with van der Waals surface area (Å²) in [7, 11) is 0. The molecule has 0 saturated heterocycles. The number of hydrogen-bond acceptors (Lipinski definition) is 6. The molecule has 4 rings (SSSR count). The average molecular weight is 402 g/mol. The van der Waals surface area contributed by atoms with Gasteiger partial charge < -0.3 is 15.6 Å². The number of benzene rings is 2. The van der Waals surface area contributed by atoms with Crippen molar-refractivity contribution in [1.82, 2.24) is 9.97 Å². The van der Waals surface area contributed by atoms with E-state index < -0.39 is 11.3 Å². The zero-order valence-corrected chi connectivity index (χ0v) is 16.6. The highest BCUT2D eigenvalue weighted by molar-refractivity contribution is 5.86. The molecule has 7 nitrogen and oxygen atoms in total. The van der Waals surface area contributed by atoms with E-state index in [0.29, 0.717) is 22.5 Å². The number of phenolic OH excluding ortho intramolecular Hbond substituents is 1. The van der Waals surface area contributed by atoms with Gasteiger partial charge in [-0.25, -0.2) is 15.2 Å². The number of aromatic hydroxyl groups is 1. The van der Waals surface area contributed by atoms with Crippen molar-refractivity contribution < 1.29 is 15.5 Å². The quantitative estimate of drug-likeness (QED) is 0.381. The zero-order valence-electron chi connectivity index (χ0n) is 16.6. The number of phenols is 1. The molecule has 7 heteroatoms. The molecular formula is C23H22N4O3. The Hall–Kier alpha value is -3.52. The summed E-state index contributed by atoms with van der Waals surface area (Å²) in [5.41, 5.74) is 3.79. The molecule has 0 aliphatic carbocycles. The molecule has 0 saturated carbocycles. The molecule has 0 spiro atoms. The van der Waals surface area contributed by atoms with Crippen LogP contribution in [-0.2, 0) is 0 Å². The summed E-state index contributed by atoms with van der Waals surface area (Å²) in [5, 5.41) is 35.2. The number of aryl methyl sites for hydroxylation is 2. The second kappa shape index (κ2) is 8.08. The van der Waals surface area contributed by atoms with E-state index in [1.54, 1.807) is 24.4 Å². The van der Waals surface area contributed by atoms with Crippen molar-refractivity contribution in [1.29, 1.82) is 0 Å². The molecule has 2 heterocycles. The molecule has 0 amide bonds. The highest BCUT2D eigenvalue weighted by Gasteiger charge is 2.21. The molecular weight excluding hydrogens is 380 g/mol. The first-order valence-corrected chi connectivity index (χ1v) is 9.54. The van der Waals surface area contributed by atoms with Crippen LogP contribution >= 0.6 is 0 Å². The molecule has 2 aromatic heterocycles. The van der Waals surface area contributed by atoms with Crippen LogP contribution in [-0.4, -0.2) is 20.3 Å². The van der Waals surface area contributed by atoms with Crippen LogP contribution in [0.1, 0.15) is 28.4 Å². The number of rotatable bonds is 5. The lowest BCUT2D eigenvalue weighted by Crippen LogP contribution is -2.99. The van der Waals surface area contributed by atoms with Gasteiger partial charge >= 0.3 is 0 Å². The summed E-state index contributed by atoms with van der Waals surface area (Å²) >= 11 is 0. The van der Waals surface area contributed by atoms with Gasteiger partial charge in [0, 0.05) is 35.0 Å². The molecule has 0 radical (unpaired) electrons. The van der Waals surface area contributed by atoms with E-state index in [1.165, 1.54) is 0 Å². The summed E-state index contributed by atoms with van der Waals surface area (Å²) in [6.45, 7) is 3.83. The predicted octanol–water partition coefficient (Wildman–Crippen LogP) is 3.56. The van der Waals surface area contributed by atoms with E-state index in [1.807, 2.05) is 56.3 Å². The van der Waals surface area contributed by atoms with Crippen molar-refractivity contribution in [3.8, 4) is 5.75 Å². The zero-order chi connectivity index (χ0) is 21.3. The minimum absolute atomic E-state index is 0.0575. The first-order valence-electron chi connectivity index (χ1n) is 9.54. The number of quaternary nitrogens is 1. The second-order valence-corrected chi connectivity index (χ2v) is 7.25. The number of anilines is 1. The summed E-state index contributed by atoms with van der Waals surface area (Å²) < 4.78 is 0. The molecule has 4 N–H and O–H groups in total. The lowest BCUT2D eigenvalue weighted by Gasteiger charge is -2.23. The third-order valence-electron chi connectivity index (χ3n) is 4.99. The molecule has 30 heavy (non-hydrogen) atoms. The van der Waals surface area contributed by atoms with Gasteiger partial charge in [-0.3, -0.25) is 0 Å². The van der Waals surface area contributed by atoms with Crippen molar-refractivity contribution in [2.24, 2.45) is 0 Å². The molecule has 2 aromatic carbocycles. The maximum atomic E-state index is 11.5.